The molecule has 25 heavy (non-hydrogen) atoms. The standard InChI is InChI=1S/C17H15BrN4O3/c1-21-15-13(6-3-7-19-15)22(17(25)16(21)24)10-14(23)20-9-11-4-2-5-12(18)8-11/h2-8H,9-10H2,1H3,(H,20,23). The molecule has 1 amide bonds. The highest BCUT2D eigenvalue weighted by molar-refractivity contribution is 9.10. The van der Waals surface area contributed by atoms with Crippen LogP contribution in [0.5, 0.6) is 0 Å². The molecule has 0 aliphatic carbocycles. The van der Waals surface area contributed by atoms with Crippen LogP contribution in [0.25, 0.3) is 11.2 Å². The van der Waals surface area contributed by atoms with Gasteiger partial charge in [-0.25, -0.2) is 4.98 Å². The molecule has 8 heteroatoms. The van der Waals surface area contributed by atoms with Crippen molar-refractivity contribution in [3.05, 3.63) is 73.3 Å². The van der Waals surface area contributed by atoms with Crippen molar-refractivity contribution in [2.24, 2.45) is 7.05 Å². The van der Waals surface area contributed by atoms with E-state index in [9.17, 15) is 14.4 Å². The summed E-state index contributed by atoms with van der Waals surface area (Å²) in [5.41, 5.74) is 0.247. The van der Waals surface area contributed by atoms with Crippen LogP contribution in [-0.2, 0) is 24.9 Å². The number of aromatic nitrogens is 3. The fourth-order valence-corrected chi connectivity index (χ4v) is 2.97. The first-order valence-electron chi connectivity index (χ1n) is 7.53. The van der Waals surface area contributed by atoms with Crippen molar-refractivity contribution in [3.63, 3.8) is 0 Å². The number of hydrogen-bond acceptors (Lipinski definition) is 4. The number of amides is 1. The number of aryl methyl sites for hydroxylation is 1. The first-order valence-corrected chi connectivity index (χ1v) is 8.32. The Bertz CT molecular complexity index is 1070. The van der Waals surface area contributed by atoms with Gasteiger partial charge in [-0.05, 0) is 29.8 Å². The molecule has 0 bridgehead atoms. The third kappa shape index (κ3) is 3.53. The summed E-state index contributed by atoms with van der Waals surface area (Å²) in [5, 5.41) is 2.75. The smallest absolute Gasteiger partial charge is 0.317 e. The number of benzene rings is 1. The van der Waals surface area contributed by atoms with Crippen molar-refractivity contribution in [2.75, 3.05) is 0 Å². The van der Waals surface area contributed by atoms with Crippen LogP contribution in [0.15, 0.2) is 56.7 Å². The Morgan fingerprint density at radius 1 is 1.20 bits per heavy atom. The van der Waals surface area contributed by atoms with Crippen molar-refractivity contribution in [2.45, 2.75) is 13.1 Å². The van der Waals surface area contributed by atoms with Gasteiger partial charge in [0.1, 0.15) is 6.54 Å². The molecule has 0 aliphatic rings. The number of carbonyl (C=O) groups excluding carboxylic acids is 1. The quantitative estimate of drug-likeness (QED) is 0.663. The van der Waals surface area contributed by atoms with Crippen molar-refractivity contribution in [1.29, 1.82) is 0 Å². The van der Waals surface area contributed by atoms with Crippen LogP contribution >= 0.6 is 15.9 Å². The summed E-state index contributed by atoms with van der Waals surface area (Å²) >= 11 is 3.37. The van der Waals surface area contributed by atoms with E-state index in [-0.39, 0.29) is 12.5 Å². The van der Waals surface area contributed by atoms with Gasteiger partial charge in [0.05, 0.1) is 5.52 Å². The maximum atomic E-state index is 12.3. The second-order valence-corrected chi connectivity index (χ2v) is 6.42. The van der Waals surface area contributed by atoms with Gasteiger partial charge in [0.15, 0.2) is 5.65 Å². The van der Waals surface area contributed by atoms with Crippen LogP contribution < -0.4 is 16.4 Å². The van der Waals surface area contributed by atoms with E-state index in [1.165, 1.54) is 17.8 Å². The van der Waals surface area contributed by atoms with E-state index in [0.717, 1.165) is 14.6 Å². The Labute approximate surface area is 151 Å². The van der Waals surface area contributed by atoms with Gasteiger partial charge >= 0.3 is 11.1 Å². The molecule has 3 aromatic rings. The summed E-state index contributed by atoms with van der Waals surface area (Å²) in [4.78, 5) is 40.7. The molecule has 2 aromatic heterocycles. The molecule has 3 rings (SSSR count). The molecular formula is C17H15BrN4O3. The number of hydrogen-bond donors (Lipinski definition) is 1. The predicted molar refractivity (Wildman–Crippen MR) is 97.2 cm³/mol. The lowest BCUT2D eigenvalue weighted by Crippen LogP contribution is -2.43. The van der Waals surface area contributed by atoms with Gasteiger partial charge in [0.25, 0.3) is 0 Å². The lowest BCUT2D eigenvalue weighted by Gasteiger charge is -2.12. The Balaban J connectivity index is 1.86. The summed E-state index contributed by atoms with van der Waals surface area (Å²) in [5.74, 6) is -0.361. The number of pyridine rings is 1. The molecule has 128 valence electrons. The van der Waals surface area contributed by atoms with E-state index >= 15 is 0 Å². The van der Waals surface area contributed by atoms with E-state index < -0.39 is 11.1 Å². The maximum absolute atomic E-state index is 12.3. The number of fused-ring (bicyclic) bond motifs is 1. The second kappa shape index (κ2) is 7.02. The molecule has 0 spiro atoms. The number of nitrogens with zero attached hydrogens (tertiary/aromatic N) is 3. The van der Waals surface area contributed by atoms with Gasteiger partial charge in [0.2, 0.25) is 5.91 Å². The molecule has 0 atom stereocenters. The largest absolute Gasteiger partial charge is 0.350 e. The molecule has 7 nitrogen and oxygen atoms in total. The number of carbonyl (C=O) groups is 1. The Morgan fingerprint density at radius 2 is 2.00 bits per heavy atom. The second-order valence-electron chi connectivity index (χ2n) is 5.51. The fraction of sp³-hybridized carbons (Fsp3) is 0.176. The van der Waals surface area contributed by atoms with Crippen molar-refractivity contribution in [3.8, 4) is 0 Å². The molecule has 0 aliphatic heterocycles. The summed E-state index contributed by atoms with van der Waals surface area (Å²) in [6.45, 7) is 0.0825. The van der Waals surface area contributed by atoms with E-state index in [1.54, 1.807) is 12.1 Å². The molecule has 1 aromatic carbocycles. The van der Waals surface area contributed by atoms with Crippen molar-refractivity contribution in [1.82, 2.24) is 19.4 Å². The van der Waals surface area contributed by atoms with Crippen LogP contribution in [0.1, 0.15) is 5.56 Å². The molecule has 2 heterocycles. The van der Waals surface area contributed by atoms with Crippen LogP contribution in [0.2, 0.25) is 0 Å². The van der Waals surface area contributed by atoms with Crippen LogP contribution in [0.4, 0.5) is 0 Å². The number of nitrogens with one attached hydrogen (secondary N) is 1. The fourth-order valence-electron chi connectivity index (χ4n) is 2.53. The van der Waals surface area contributed by atoms with Crippen LogP contribution in [0.3, 0.4) is 0 Å². The van der Waals surface area contributed by atoms with Gasteiger partial charge in [-0.15, -0.1) is 0 Å². The topological polar surface area (TPSA) is 86.0 Å². The third-order valence-corrected chi connectivity index (χ3v) is 4.28. The molecule has 0 radical (unpaired) electrons. The van der Waals surface area contributed by atoms with E-state index in [0.29, 0.717) is 17.7 Å². The SMILES string of the molecule is Cn1c(=O)c(=O)n(CC(=O)NCc2cccc(Br)c2)c2cccnc21. The van der Waals surface area contributed by atoms with Gasteiger partial charge in [-0.3, -0.25) is 23.5 Å². The monoisotopic (exact) mass is 402 g/mol. The van der Waals surface area contributed by atoms with Crippen LogP contribution in [-0.4, -0.2) is 20.0 Å². The van der Waals surface area contributed by atoms with Crippen LogP contribution in [0, 0.1) is 0 Å². The minimum absolute atomic E-state index is 0.245. The Hall–Kier alpha value is -2.74. The van der Waals surface area contributed by atoms with Gasteiger partial charge in [0, 0.05) is 24.3 Å². The number of rotatable bonds is 4. The Morgan fingerprint density at radius 3 is 2.76 bits per heavy atom. The summed E-state index contributed by atoms with van der Waals surface area (Å²) in [6.07, 6.45) is 1.53. The lowest BCUT2D eigenvalue weighted by molar-refractivity contribution is -0.121. The van der Waals surface area contributed by atoms with E-state index in [2.05, 4.69) is 26.2 Å². The summed E-state index contributed by atoms with van der Waals surface area (Å²) in [7, 11) is 1.48. The molecule has 0 unspecified atom stereocenters. The van der Waals surface area contributed by atoms with Crippen molar-refractivity contribution < 1.29 is 4.79 Å². The predicted octanol–water partition coefficient (Wildman–Crippen LogP) is 1.17. The maximum Gasteiger partial charge on any atom is 0.317 e. The van der Waals surface area contributed by atoms with Gasteiger partial charge < -0.3 is 5.32 Å². The normalized spacial score (nSPS) is 10.8. The van der Waals surface area contributed by atoms with E-state index in [4.69, 9.17) is 0 Å². The zero-order valence-electron chi connectivity index (χ0n) is 13.4. The first kappa shape index (κ1) is 17.1. The molecule has 0 saturated carbocycles. The van der Waals surface area contributed by atoms with Crippen molar-refractivity contribution >= 4 is 33.0 Å². The highest BCUT2D eigenvalue weighted by Gasteiger charge is 2.14. The Kier molecular flexibility index (Phi) is 4.80. The highest BCUT2D eigenvalue weighted by Crippen LogP contribution is 2.11. The van der Waals surface area contributed by atoms with E-state index in [1.807, 2.05) is 24.3 Å². The average Bonchev–Trinajstić information content (AvgIpc) is 2.62. The summed E-state index contributed by atoms with van der Waals surface area (Å²) in [6, 6.07) is 10.9. The molecular weight excluding hydrogens is 388 g/mol. The van der Waals surface area contributed by atoms with Gasteiger partial charge in [-0.1, -0.05) is 28.1 Å². The lowest BCUT2D eigenvalue weighted by atomic mass is 10.2. The third-order valence-electron chi connectivity index (χ3n) is 3.79. The average molecular weight is 403 g/mol. The molecule has 1 N–H and O–H groups in total. The van der Waals surface area contributed by atoms with Gasteiger partial charge in [-0.2, -0.15) is 0 Å². The first-order chi connectivity index (χ1) is 12.0. The minimum atomic E-state index is -0.749. The minimum Gasteiger partial charge on any atom is -0.350 e. The number of halogens is 1. The molecule has 0 fully saturated rings. The summed E-state index contributed by atoms with van der Waals surface area (Å²) < 4.78 is 3.26. The zero-order valence-corrected chi connectivity index (χ0v) is 15.0. The zero-order chi connectivity index (χ0) is 18.0. The highest BCUT2D eigenvalue weighted by atomic mass is 79.9. The molecule has 0 saturated heterocycles.